The summed E-state index contributed by atoms with van der Waals surface area (Å²) in [7, 11) is 0. The lowest BCUT2D eigenvalue weighted by molar-refractivity contribution is -0.152. The van der Waals surface area contributed by atoms with Crippen LogP contribution in [0.15, 0.2) is 18.2 Å². The number of rotatable bonds is 20. The average Bonchev–Trinajstić information content (AvgIpc) is 2.88. The van der Waals surface area contributed by atoms with Crippen LogP contribution >= 0.6 is 0 Å². The highest BCUT2D eigenvalue weighted by atomic mass is 16.6. The van der Waals surface area contributed by atoms with Crippen molar-refractivity contribution in [3.63, 3.8) is 0 Å². The van der Waals surface area contributed by atoms with Crippen molar-refractivity contribution in [2.45, 2.75) is 117 Å². The average molecular weight is 550 g/mol. The van der Waals surface area contributed by atoms with E-state index in [1.54, 1.807) is 19.1 Å². The second kappa shape index (κ2) is 19.2. The number of unbranched alkanes of at least 4 members (excludes halogenated alkanes) is 4. The molecule has 0 amide bonds. The fourth-order valence-corrected chi connectivity index (χ4v) is 3.93. The first-order valence-electron chi connectivity index (χ1n) is 14.3. The van der Waals surface area contributed by atoms with Gasteiger partial charge in [-0.25, -0.2) is 0 Å². The minimum atomic E-state index is -1.07. The summed E-state index contributed by atoms with van der Waals surface area (Å²) in [6.45, 7) is 9.76. The Hall–Kier alpha value is -2.94. The van der Waals surface area contributed by atoms with Crippen LogP contribution in [0.25, 0.3) is 0 Å². The van der Waals surface area contributed by atoms with Gasteiger partial charge in [0, 0.05) is 19.4 Å². The SMILES string of the molecule is CCCCCC(=O)Oc1ccc(C[C@H](NCC(C)OC(=O)C(C)CCC)C(=O)O)cc1OC(=O)CCCCC. The van der Waals surface area contributed by atoms with E-state index in [1.165, 1.54) is 6.07 Å². The highest BCUT2D eigenvalue weighted by molar-refractivity contribution is 5.77. The van der Waals surface area contributed by atoms with Crippen LogP contribution in [-0.2, 0) is 30.3 Å². The summed E-state index contributed by atoms with van der Waals surface area (Å²) in [6.07, 6.45) is 6.78. The molecular formula is C30H47NO8. The van der Waals surface area contributed by atoms with E-state index < -0.39 is 30.1 Å². The molecule has 9 nitrogen and oxygen atoms in total. The Morgan fingerprint density at radius 2 is 1.44 bits per heavy atom. The van der Waals surface area contributed by atoms with E-state index in [-0.39, 0.29) is 49.2 Å². The molecule has 2 unspecified atom stereocenters. The van der Waals surface area contributed by atoms with Crippen molar-refractivity contribution in [1.29, 1.82) is 0 Å². The van der Waals surface area contributed by atoms with Gasteiger partial charge in [-0.3, -0.25) is 19.2 Å². The van der Waals surface area contributed by atoms with E-state index in [0.717, 1.165) is 38.5 Å². The van der Waals surface area contributed by atoms with Gasteiger partial charge < -0.3 is 24.6 Å². The number of carboxylic acids is 1. The highest BCUT2D eigenvalue weighted by Gasteiger charge is 2.23. The van der Waals surface area contributed by atoms with Crippen LogP contribution in [0.4, 0.5) is 0 Å². The number of carboxylic acid groups (broad SMARTS) is 1. The molecule has 39 heavy (non-hydrogen) atoms. The molecule has 2 N–H and O–H groups in total. The summed E-state index contributed by atoms with van der Waals surface area (Å²) in [5.41, 5.74) is 0.582. The second-order valence-electron chi connectivity index (χ2n) is 10.1. The number of aliphatic carboxylic acids is 1. The molecule has 1 aromatic rings. The van der Waals surface area contributed by atoms with Crippen molar-refractivity contribution in [2.24, 2.45) is 5.92 Å². The van der Waals surface area contributed by atoms with E-state index in [1.807, 2.05) is 27.7 Å². The number of nitrogens with one attached hydrogen (secondary N) is 1. The molecular weight excluding hydrogens is 502 g/mol. The number of hydrogen-bond donors (Lipinski definition) is 2. The summed E-state index contributed by atoms with van der Waals surface area (Å²) < 4.78 is 16.5. The van der Waals surface area contributed by atoms with Gasteiger partial charge in [0.05, 0.1) is 5.92 Å². The Kier molecular flexibility index (Phi) is 16.8. The molecule has 1 rings (SSSR count). The highest BCUT2D eigenvalue weighted by Crippen LogP contribution is 2.30. The Morgan fingerprint density at radius 1 is 0.846 bits per heavy atom. The van der Waals surface area contributed by atoms with Gasteiger partial charge in [-0.1, -0.05) is 65.9 Å². The molecule has 0 spiro atoms. The number of carbonyl (C=O) groups excluding carboxylic acids is 3. The van der Waals surface area contributed by atoms with Crippen LogP contribution in [0.1, 0.15) is 104 Å². The summed E-state index contributed by atoms with van der Waals surface area (Å²) in [6, 6.07) is 3.74. The van der Waals surface area contributed by atoms with E-state index in [0.29, 0.717) is 18.4 Å². The molecule has 0 fully saturated rings. The van der Waals surface area contributed by atoms with Crippen molar-refractivity contribution >= 4 is 23.9 Å². The first-order valence-corrected chi connectivity index (χ1v) is 14.3. The maximum absolute atomic E-state index is 12.4. The van der Waals surface area contributed by atoms with Gasteiger partial charge in [-0.05, 0) is 50.3 Å². The molecule has 0 radical (unpaired) electrons. The van der Waals surface area contributed by atoms with Gasteiger partial charge in [-0.2, -0.15) is 0 Å². The second-order valence-corrected chi connectivity index (χ2v) is 10.1. The topological polar surface area (TPSA) is 128 Å². The number of benzene rings is 1. The number of ether oxygens (including phenoxy) is 3. The largest absolute Gasteiger partial charge is 0.480 e. The molecule has 220 valence electrons. The predicted molar refractivity (Wildman–Crippen MR) is 149 cm³/mol. The lowest BCUT2D eigenvalue weighted by atomic mass is 10.0. The molecule has 1 aromatic carbocycles. The Labute approximate surface area is 233 Å². The van der Waals surface area contributed by atoms with E-state index in [4.69, 9.17) is 14.2 Å². The molecule has 0 aromatic heterocycles. The van der Waals surface area contributed by atoms with Crippen molar-refractivity contribution in [3.05, 3.63) is 23.8 Å². The molecule has 0 heterocycles. The minimum absolute atomic E-state index is 0.0767. The number of carbonyl (C=O) groups is 4. The summed E-state index contributed by atoms with van der Waals surface area (Å²) in [5.74, 6) is -2.22. The Morgan fingerprint density at radius 3 is 1.97 bits per heavy atom. The maximum Gasteiger partial charge on any atom is 0.321 e. The lowest BCUT2D eigenvalue weighted by Crippen LogP contribution is -2.43. The third kappa shape index (κ3) is 14.1. The van der Waals surface area contributed by atoms with Crippen LogP contribution in [0.3, 0.4) is 0 Å². The van der Waals surface area contributed by atoms with Crippen molar-refractivity contribution in [3.8, 4) is 11.5 Å². The van der Waals surface area contributed by atoms with Crippen LogP contribution in [-0.4, -0.2) is 47.7 Å². The first-order chi connectivity index (χ1) is 18.6. The third-order valence-electron chi connectivity index (χ3n) is 6.26. The maximum atomic E-state index is 12.4. The number of hydrogen-bond acceptors (Lipinski definition) is 8. The monoisotopic (exact) mass is 549 g/mol. The van der Waals surface area contributed by atoms with Gasteiger partial charge in [0.25, 0.3) is 0 Å². The standard InChI is InChI=1S/C30H47NO8/c1-6-9-11-14-27(32)38-25-17-16-23(19-26(25)39-28(33)15-12-10-7-2)18-24(29(34)35)31-20-22(5)37-30(36)21(4)13-8-3/h16-17,19,21-22,24,31H,6-15,18,20H2,1-5H3,(H,34,35)/t21?,22?,24-/m0/s1. The summed E-state index contributed by atoms with van der Waals surface area (Å²) in [4.78, 5) is 48.8. The molecule has 0 saturated carbocycles. The van der Waals surface area contributed by atoms with Crippen molar-refractivity contribution in [1.82, 2.24) is 5.32 Å². The Bertz CT molecular complexity index is 916. The van der Waals surface area contributed by atoms with Crippen LogP contribution < -0.4 is 14.8 Å². The third-order valence-corrected chi connectivity index (χ3v) is 6.26. The zero-order chi connectivity index (χ0) is 29.2. The predicted octanol–water partition coefficient (Wildman–Crippen LogP) is 5.61. The summed E-state index contributed by atoms with van der Waals surface area (Å²) in [5, 5.41) is 12.7. The smallest absolute Gasteiger partial charge is 0.321 e. The van der Waals surface area contributed by atoms with Gasteiger partial charge in [0.15, 0.2) is 11.5 Å². The van der Waals surface area contributed by atoms with Gasteiger partial charge in [-0.15, -0.1) is 0 Å². The van der Waals surface area contributed by atoms with Crippen LogP contribution in [0, 0.1) is 5.92 Å². The van der Waals surface area contributed by atoms with Gasteiger partial charge >= 0.3 is 23.9 Å². The van der Waals surface area contributed by atoms with Crippen molar-refractivity contribution in [2.75, 3.05) is 6.54 Å². The molecule has 0 aliphatic carbocycles. The zero-order valence-corrected chi connectivity index (χ0v) is 24.3. The minimum Gasteiger partial charge on any atom is -0.480 e. The quantitative estimate of drug-likeness (QED) is 0.121. The molecule has 0 aliphatic rings. The van der Waals surface area contributed by atoms with Crippen molar-refractivity contribution < 1.29 is 38.5 Å². The molecule has 3 atom stereocenters. The fourth-order valence-electron chi connectivity index (χ4n) is 3.93. The van der Waals surface area contributed by atoms with Crippen LogP contribution in [0.2, 0.25) is 0 Å². The van der Waals surface area contributed by atoms with Gasteiger partial charge in [0.1, 0.15) is 12.1 Å². The normalized spacial score (nSPS) is 13.3. The molecule has 9 heteroatoms. The van der Waals surface area contributed by atoms with Gasteiger partial charge in [0.2, 0.25) is 0 Å². The van der Waals surface area contributed by atoms with E-state index in [9.17, 15) is 24.3 Å². The molecule has 0 bridgehead atoms. The molecule has 0 saturated heterocycles. The number of esters is 3. The fraction of sp³-hybridized carbons (Fsp3) is 0.667. The Balaban J connectivity index is 2.94. The van der Waals surface area contributed by atoms with Crippen LogP contribution in [0.5, 0.6) is 11.5 Å². The van der Waals surface area contributed by atoms with E-state index >= 15 is 0 Å². The van der Waals surface area contributed by atoms with E-state index in [2.05, 4.69) is 5.32 Å². The lowest BCUT2D eigenvalue weighted by Gasteiger charge is -2.20. The molecule has 0 aliphatic heterocycles. The first kappa shape index (κ1) is 34.1. The zero-order valence-electron chi connectivity index (χ0n) is 24.3. The summed E-state index contributed by atoms with van der Waals surface area (Å²) >= 11 is 0.